The van der Waals surface area contributed by atoms with E-state index < -0.39 is 0 Å². The number of nitrogens with two attached hydrogens (primary N) is 1. The largest absolute Gasteiger partial charge is 0.389 e. The Morgan fingerprint density at radius 2 is 2.35 bits per heavy atom. The molecule has 2 aromatic rings. The van der Waals surface area contributed by atoms with Gasteiger partial charge in [-0.25, -0.2) is 4.39 Å². The van der Waals surface area contributed by atoms with Gasteiger partial charge in [0.25, 0.3) is 0 Å². The first-order chi connectivity index (χ1) is 8.16. The lowest BCUT2D eigenvalue weighted by Crippen LogP contribution is -2.13. The van der Waals surface area contributed by atoms with E-state index in [-0.39, 0.29) is 10.8 Å². The first kappa shape index (κ1) is 11.9. The summed E-state index contributed by atoms with van der Waals surface area (Å²) < 4.78 is 13.1. The first-order valence-electron chi connectivity index (χ1n) is 4.87. The summed E-state index contributed by atoms with van der Waals surface area (Å²) in [6, 6.07) is 4.33. The fourth-order valence-corrected chi connectivity index (χ4v) is 2.09. The fraction of sp³-hybridized carbons (Fsp3) is 0.0909. The first-order valence-corrected chi connectivity index (χ1v) is 6.16. The van der Waals surface area contributed by atoms with E-state index in [9.17, 15) is 4.39 Å². The molecule has 88 valence electrons. The second-order valence-corrected chi connectivity index (χ2v) is 4.79. The van der Waals surface area contributed by atoms with Crippen molar-refractivity contribution >= 4 is 34.2 Å². The number of thiocarbonyl (C=S) groups is 1. The smallest absolute Gasteiger partial charge is 0.124 e. The Balaban J connectivity index is 2.17. The lowest BCUT2D eigenvalue weighted by Gasteiger charge is -2.10. The van der Waals surface area contributed by atoms with E-state index in [1.807, 2.05) is 0 Å². The summed E-state index contributed by atoms with van der Waals surface area (Å²) in [6.45, 7) is 0.617. The van der Waals surface area contributed by atoms with E-state index in [0.717, 1.165) is 10.6 Å². The van der Waals surface area contributed by atoms with Gasteiger partial charge in [0.15, 0.2) is 0 Å². The molecule has 0 aliphatic carbocycles. The van der Waals surface area contributed by atoms with Crippen LogP contribution in [0.3, 0.4) is 0 Å². The van der Waals surface area contributed by atoms with E-state index in [1.54, 1.807) is 29.1 Å². The average Bonchev–Trinajstić information content (AvgIpc) is 2.80. The maximum atomic E-state index is 13.1. The molecule has 0 unspecified atom stereocenters. The highest BCUT2D eigenvalue weighted by Gasteiger charge is 2.06. The number of anilines is 1. The topological polar surface area (TPSA) is 50.9 Å². The summed E-state index contributed by atoms with van der Waals surface area (Å²) in [5.74, 6) is -0.351. The van der Waals surface area contributed by atoms with Crippen molar-refractivity contribution in [3.63, 3.8) is 0 Å². The third-order valence-corrected chi connectivity index (χ3v) is 3.18. The number of nitrogens with zero attached hydrogens (tertiary/aromatic N) is 1. The van der Waals surface area contributed by atoms with Gasteiger partial charge in [0.1, 0.15) is 10.8 Å². The lowest BCUT2D eigenvalue weighted by molar-refractivity contribution is 0.627. The molecule has 0 radical (unpaired) electrons. The molecular formula is C11H10FN3S2. The molecule has 0 atom stereocenters. The highest BCUT2D eigenvalue weighted by atomic mass is 32.1. The molecule has 0 fully saturated rings. The zero-order valence-corrected chi connectivity index (χ0v) is 10.4. The number of hydrogen-bond donors (Lipinski definition) is 2. The van der Waals surface area contributed by atoms with Crippen LogP contribution in [0.2, 0.25) is 0 Å². The summed E-state index contributed by atoms with van der Waals surface area (Å²) in [7, 11) is 0. The van der Waals surface area contributed by atoms with Crippen LogP contribution < -0.4 is 11.1 Å². The zero-order valence-electron chi connectivity index (χ0n) is 8.81. The molecule has 0 saturated heterocycles. The van der Waals surface area contributed by atoms with Gasteiger partial charge >= 0.3 is 0 Å². The van der Waals surface area contributed by atoms with E-state index in [2.05, 4.69) is 10.3 Å². The standard InChI is InChI=1S/C11H10FN3S2/c12-7-1-2-10(9(3-7)11(13)16)15-5-8-4-14-6-17-8/h1-4,6,15H,5H2,(H2,13,16). The second kappa shape index (κ2) is 5.20. The maximum Gasteiger partial charge on any atom is 0.124 e. The van der Waals surface area contributed by atoms with E-state index >= 15 is 0 Å². The molecule has 3 N–H and O–H groups in total. The van der Waals surface area contributed by atoms with Crippen LogP contribution in [0.5, 0.6) is 0 Å². The lowest BCUT2D eigenvalue weighted by atomic mass is 10.1. The van der Waals surface area contributed by atoms with Crippen LogP contribution in [0.25, 0.3) is 0 Å². The van der Waals surface area contributed by atoms with Crippen LogP contribution in [-0.4, -0.2) is 9.97 Å². The predicted octanol–water partition coefficient (Wildman–Crippen LogP) is 2.53. The van der Waals surface area contributed by atoms with Crippen molar-refractivity contribution in [3.8, 4) is 0 Å². The van der Waals surface area contributed by atoms with Gasteiger partial charge in [-0.2, -0.15) is 0 Å². The van der Waals surface area contributed by atoms with Crippen molar-refractivity contribution in [3.05, 3.63) is 46.2 Å². The van der Waals surface area contributed by atoms with E-state index in [0.29, 0.717) is 12.1 Å². The molecule has 6 heteroatoms. The molecule has 3 nitrogen and oxygen atoms in total. The predicted molar refractivity (Wildman–Crippen MR) is 71.7 cm³/mol. The summed E-state index contributed by atoms with van der Waals surface area (Å²) in [4.78, 5) is 5.24. The van der Waals surface area contributed by atoms with Crippen LogP contribution in [-0.2, 0) is 6.54 Å². The Bertz CT molecular complexity index is 526. The van der Waals surface area contributed by atoms with Crippen molar-refractivity contribution in [1.82, 2.24) is 4.98 Å². The molecule has 1 aromatic heterocycles. The molecule has 1 aromatic carbocycles. The third-order valence-electron chi connectivity index (χ3n) is 2.18. The number of hydrogen-bond acceptors (Lipinski definition) is 4. The Labute approximate surface area is 107 Å². The molecule has 0 aliphatic rings. The summed E-state index contributed by atoms with van der Waals surface area (Å²) >= 11 is 6.43. The summed E-state index contributed by atoms with van der Waals surface area (Å²) in [6.07, 6.45) is 1.78. The molecule has 17 heavy (non-hydrogen) atoms. The van der Waals surface area contributed by atoms with E-state index in [4.69, 9.17) is 18.0 Å². The second-order valence-electron chi connectivity index (χ2n) is 3.38. The molecule has 1 heterocycles. The van der Waals surface area contributed by atoms with Gasteiger partial charge < -0.3 is 11.1 Å². The molecular weight excluding hydrogens is 257 g/mol. The number of rotatable bonds is 4. The zero-order chi connectivity index (χ0) is 12.3. The highest BCUT2D eigenvalue weighted by molar-refractivity contribution is 7.80. The SMILES string of the molecule is NC(=S)c1cc(F)ccc1NCc1cncs1. The summed E-state index contributed by atoms with van der Waals surface area (Å²) in [5.41, 5.74) is 8.55. The number of thiazole rings is 1. The van der Waals surface area contributed by atoms with Crippen LogP contribution in [0, 0.1) is 5.82 Å². The third kappa shape index (κ3) is 2.98. The van der Waals surface area contributed by atoms with Gasteiger partial charge in [0.05, 0.1) is 12.1 Å². The van der Waals surface area contributed by atoms with Gasteiger partial charge in [-0.1, -0.05) is 12.2 Å². The molecule has 0 saturated carbocycles. The van der Waals surface area contributed by atoms with Crippen LogP contribution in [0.4, 0.5) is 10.1 Å². The molecule has 0 aliphatic heterocycles. The number of aromatic nitrogens is 1. The number of nitrogens with one attached hydrogen (secondary N) is 1. The minimum Gasteiger partial charge on any atom is -0.389 e. The van der Waals surface area contributed by atoms with Crippen molar-refractivity contribution in [2.75, 3.05) is 5.32 Å². The number of halogens is 1. The van der Waals surface area contributed by atoms with Gasteiger partial charge in [0, 0.05) is 22.3 Å². The maximum absolute atomic E-state index is 13.1. The van der Waals surface area contributed by atoms with Crippen LogP contribution >= 0.6 is 23.6 Å². The average molecular weight is 267 g/mol. The van der Waals surface area contributed by atoms with Gasteiger partial charge in [0.2, 0.25) is 0 Å². The quantitative estimate of drug-likeness (QED) is 0.836. The minimum atomic E-state index is -0.351. The van der Waals surface area contributed by atoms with Crippen molar-refractivity contribution in [2.45, 2.75) is 6.54 Å². The summed E-state index contributed by atoms with van der Waals surface area (Å²) in [5, 5.41) is 3.16. The van der Waals surface area contributed by atoms with Gasteiger partial charge in [-0.05, 0) is 18.2 Å². The van der Waals surface area contributed by atoms with Crippen molar-refractivity contribution in [1.29, 1.82) is 0 Å². The van der Waals surface area contributed by atoms with Gasteiger partial charge in [-0.3, -0.25) is 4.98 Å². The van der Waals surface area contributed by atoms with Gasteiger partial charge in [-0.15, -0.1) is 11.3 Å². The Kier molecular flexibility index (Phi) is 3.65. The molecule has 2 rings (SSSR count). The normalized spacial score (nSPS) is 10.2. The Morgan fingerprint density at radius 3 is 3.00 bits per heavy atom. The molecule has 0 spiro atoms. The van der Waals surface area contributed by atoms with Crippen molar-refractivity contribution < 1.29 is 4.39 Å². The highest BCUT2D eigenvalue weighted by Crippen LogP contribution is 2.18. The van der Waals surface area contributed by atoms with Crippen molar-refractivity contribution in [2.24, 2.45) is 5.73 Å². The Morgan fingerprint density at radius 1 is 1.53 bits per heavy atom. The monoisotopic (exact) mass is 267 g/mol. The Hall–Kier alpha value is -1.53. The molecule has 0 bridgehead atoms. The van der Waals surface area contributed by atoms with E-state index in [1.165, 1.54) is 12.1 Å². The molecule has 0 amide bonds. The fourth-order valence-electron chi connectivity index (χ4n) is 1.39. The van der Waals surface area contributed by atoms with Crippen LogP contribution in [0.15, 0.2) is 29.9 Å². The number of benzene rings is 1. The van der Waals surface area contributed by atoms with Crippen LogP contribution in [0.1, 0.15) is 10.4 Å². The minimum absolute atomic E-state index is 0.177.